The number of rotatable bonds is 5. The van der Waals surface area contributed by atoms with Crippen LogP contribution < -0.4 is 10.2 Å². The number of halogens is 1. The van der Waals surface area contributed by atoms with E-state index >= 15 is 0 Å². The maximum Gasteiger partial charge on any atom is 0.223 e. The minimum absolute atomic E-state index is 0.236. The first-order valence-corrected chi connectivity index (χ1v) is 6.70. The highest BCUT2D eigenvalue weighted by molar-refractivity contribution is 6.51. The molecule has 0 amide bonds. The fraction of sp³-hybridized carbons (Fsp3) is 0.0625. The molecule has 0 atom stereocenters. The van der Waals surface area contributed by atoms with Crippen molar-refractivity contribution in [1.82, 2.24) is 0 Å². The first-order chi connectivity index (χ1) is 10.6. The van der Waals surface area contributed by atoms with Gasteiger partial charge < -0.3 is 4.74 Å². The molecule has 2 aromatic rings. The minimum Gasteiger partial charge on any atom is -0.497 e. The van der Waals surface area contributed by atoms with E-state index in [0.29, 0.717) is 22.0 Å². The lowest BCUT2D eigenvalue weighted by atomic mass is 10.1. The van der Waals surface area contributed by atoms with Gasteiger partial charge in [-0.2, -0.15) is 10.4 Å². The molecule has 0 radical (unpaired) electrons. The van der Waals surface area contributed by atoms with Gasteiger partial charge in [0.1, 0.15) is 11.8 Å². The quantitative estimate of drug-likeness (QED) is 0.520. The number of hydrogen-bond donors (Lipinski definition) is 1. The molecule has 6 heteroatoms. The molecular weight excluding hydrogens is 302 g/mol. The van der Waals surface area contributed by atoms with E-state index in [1.54, 1.807) is 54.6 Å². The summed E-state index contributed by atoms with van der Waals surface area (Å²) in [5.41, 5.74) is 3.41. The fourth-order valence-electron chi connectivity index (χ4n) is 1.65. The van der Waals surface area contributed by atoms with Crippen molar-refractivity contribution in [2.75, 3.05) is 12.5 Å². The number of anilines is 1. The molecule has 0 aliphatic carbocycles. The molecule has 0 bridgehead atoms. The van der Waals surface area contributed by atoms with Crippen molar-refractivity contribution in [3.63, 3.8) is 0 Å². The van der Waals surface area contributed by atoms with Gasteiger partial charge in [-0.1, -0.05) is 11.6 Å². The number of hydrogen-bond acceptors (Lipinski definition) is 5. The van der Waals surface area contributed by atoms with Gasteiger partial charge in [0, 0.05) is 10.6 Å². The maximum atomic E-state index is 12.2. The van der Waals surface area contributed by atoms with Crippen molar-refractivity contribution in [2.24, 2.45) is 5.10 Å². The molecule has 0 aliphatic rings. The predicted molar refractivity (Wildman–Crippen MR) is 85.4 cm³/mol. The zero-order valence-electron chi connectivity index (χ0n) is 11.7. The van der Waals surface area contributed by atoms with Crippen molar-refractivity contribution in [2.45, 2.75) is 0 Å². The van der Waals surface area contributed by atoms with Crippen LogP contribution in [-0.4, -0.2) is 18.6 Å². The Bertz CT molecular complexity index is 731. The average Bonchev–Trinajstić information content (AvgIpc) is 2.57. The van der Waals surface area contributed by atoms with Gasteiger partial charge in [0.05, 0.1) is 12.8 Å². The van der Waals surface area contributed by atoms with E-state index in [9.17, 15) is 4.79 Å². The maximum absolute atomic E-state index is 12.2. The number of nitrogens with zero attached hydrogens (tertiary/aromatic N) is 2. The molecule has 0 unspecified atom stereocenters. The second-order valence-corrected chi connectivity index (χ2v) is 4.68. The molecule has 2 rings (SSSR count). The lowest BCUT2D eigenvalue weighted by Gasteiger charge is -2.03. The largest absolute Gasteiger partial charge is 0.497 e. The summed E-state index contributed by atoms with van der Waals surface area (Å²) in [4.78, 5) is 12.2. The molecule has 0 heterocycles. The van der Waals surface area contributed by atoms with Crippen LogP contribution in [0.4, 0.5) is 5.69 Å². The number of Topliss-reactive ketones (excluding diaryl/α,β-unsaturated/α-hetero) is 1. The lowest BCUT2D eigenvalue weighted by Crippen LogP contribution is -2.14. The summed E-state index contributed by atoms with van der Waals surface area (Å²) in [6.45, 7) is 0. The van der Waals surface area contributed by atoms with Crippen LogP contribution >= 0.6 is 11.6 Å². The Kier molecular flexibility index (Phi) is 5.12. The first kappa shape index (κ1) is 15.5. The van der Waals surface area contributed by atoms with Gasteiger partial charge in [-0.3, -0.25) is 10.2 Å². The molecular formula is C16H12ClN3O2. The zero-order chi connectivity index (χ0) is 15.9. The summed E-state index contributed by atoms with van der Waals surface area (Å²) in [6, 6.07) is 15.0. The van der Waals surface area contributed by atoms with Crippen LogP contribution in [0, 0.1) is 11.3 Å². The van der Waals surface area contributed by atoms with Crippen molar-refractivity contribution in [1.29, 1.82) is 5.26 Å². The minimum atomic E-state index is -0.466. The van der Waals surface area contributed by atoms with Gasteiger partial charge in [0.2, 0.25) is 11.5 Å². The molecule has 5 nitrogen and oxygen atoms in total. The third kappa shape index (κ3) is 3.84. The van der Waals surface area contributed by atoms with Crippen LogP contribution in [0.1, 0.15) is 10.4 Å². The Morgan fingerprint density at radius 1 is 1.18 bits per heavy atom. The van der Waals surface area contributed by atoms with Gasteiger partial charge in [-0.15, -0.1) is 0 Å². The monoisotopic (exact) mass is 313 g/mol. The van der Waals surface area contributed by atoms with E-state index < -0.39 is 5.78 Å². The van der Waals surface area contributed by atoms with Gasteiger partial charge in [0.15, 0.2) is 0 Å². The highest BCUT2D eigenvalue weighted by Crippen LogP contribution is 2.14. The summed E-state index contributed by atoms with van der Waals surface area (Å²) in [7, 11) is 1.54. The number of carbonyl (C=O) groups is 1. The fourth-order valence-corrected chi connectivity index (χ4v) is 1.78. The standard InChI is InChI=1S/C16H12ClN3O2/c1-22-14-8-2-11(3-9-14)16(21)15(10-18)20-19-13-6-4-12(17)5-7-13/h2-9,19H,1H3. The molecule has 0 aliphatic heterocycles. The van der Waals surface area contributed by atoms with E-state index in [1.165, 1.54) is 7.11 Å². The number of hydrazone groups is 1. The number of benzene rings is 2. The molecule has 0 spiro atoms. The van der Waals surface area contributed by atoms with Crippen LogP contribution in [0.25, 0.3) is 0 Å². The zero-order valence-corrected chi connectivity index (χ0v) is 12.5. The van der Waals surface area contributed by atoms with Crippen molar-refractivity contribution < 1.29 is 9.53 Å². The number of methoxy groups -OCH3 is 1. The highest BCUT2D eigenvalue weighted by Gasteiger charge is 2.14. The summed E-state index contributed by atoms with van der Waals surface area (Å²) in [5.74, 6) is 0.165. The van der Waals surface area contributed by atoms with Crippen molar-refractivity contribution in [3.8, 4) is 11.8 Å². The number of nitrogens with one attached hydrogen (secondary N) is 1. The van der Waals surface area contributed by atoms with Crippen molar-refractivity contribution in [3.05, 3.63) is 59.1 Å². The summed E-state index contributed by atoms with van der Waals surface area (Å²) in [5, 5.41) is 13.5. The molecule has 2 aromatic carbocycles. The molecule has 22 heavy (non-hydrogen) atoms. The third-order valence-corrected chi connectivity index (χ3v) is 3.07. The molecule has 0 fully saturated rings. The SMILES string of the molecule is COc1ccc(C(=O)C(C#N)=NNc2ccc(Cl)cc2)cc1. The van der Waals surface area contributed by atoms with E-state index in [-0.39, 0.29) is 5.71 Å². The van der Waals surface area contributed by atoms with E-state index in [4.69, 9.17) is 21.6 Å². The molecule has 0 saturated heterocycles. The molecule has 110 valence electrons. The number of nitriles is 1. The lowest BCUT2D eigenvalue weighted by molar-refractivity contribution is 0.106. The normalized spacial score (nSPS) is 10.7. The molecule has 0 aromatic heterocycles. The third-order valence-electron chi connectivity index (χ3n) is 2.81. The van der Waals surface area contributed by atoms with E-state index in [0.717, 1.165) is 0 Å². The Morgan fingerprint density at radius 3 is 2.36 bits per heavy atom. The summed E-state index contributed by atoms with van der Waals surface area (Å²) >= 11 is 5.78. The number of ether oxygens (including phenoxy) is 1. The summed E-state index contributed by atoms with van der Waals surface area (Å²) < 4.78 is 5.02. The molecule has 0 saturated carbocycles. The van der Waals surface area contributed by atoms with Gasteiger partial charge in [-0.25, -0.2) is 0 Å². The predicted octanol–water partition coefficient (Wildman–Crippen LogP) is 3.52. The molecule has 1 N–H and O–H groups in total. The Balaban J connectivity index is 2.15. The second-order valence-electron chi connectivity index (χ2n) is 4.25. The van der Waals surface area contributed by atoms with Crippen LogP contribution in [0.5, 0.6) is 5.75 Å². The van der Waals surface area contributed by atoms with E-state index in [2.05, 4.69) is 10.5 Å². The van der Waals surface area contributed by atoms with Crippen LogP contribution in [0.2, 0.25) is 5.02 Å². The van der Waals surface area contributed by atoms with Gasteiger partial charge in [-0.05, 0) is 48.5 Å². The van der Waals surface area contributed by atoms with Gasteiger partial charge in [0.25, 0.3) is 0 Å². The first-order valence-electron chi connectivity index (χ1n) is 6.32. The number of carbonyl (C=O) groups excluding carboxylic acids is 1. The van der Waals surface area contributed by atoms with Gasteiger partial charge >= 0.3 is 0 Å². The summed E-state index contributed by atoms with van der Waals surface area (Å²) in [6.07, 6.45) is 0. The smallest absolute Gasteiger partial charge is 0.223 e. The highest BCUT2D eigenvalue weighted by atomic mass is 35.5. The second kappa shape index (κ2) is 7.25. The Morgan fingerprint density at radius 2 is 1.82 bits per heavy atom. The number of ketones is 1. The van der Waals surface area contributed by atoms with Crippen molar-refractivity contribution >= 4 is 28.8 Å². The van der Waals surface area contributed by atoms with E-state index in [1.807, 2.05) is 0 Å². The van der Waals surface area contributed by atoms with Crippen LogP contribution in [0.15, 0.2) is 53.6 Å². The Labute approximate surface area is 132 Å². The Hall–Kier alpha value is -2.84. The van der Waals surface area contributed by atoms with Crippen LogP contribution in [0.3, 0.4) is 0 Å². The topological polar surface area (TPSA) is 74.5 Å². The average molecular weight is 314 g/mol. The van der Waals surface area contributed by atoms with Crippen LogP contribution in [-0.2, 0) is 0 Å².